The summed E-state index contributed by atoms with van der Waals surface area (Å²) in [5, 5.41) is 7.32. The number of benzene rings is 3. The topological polar surface area (TPSA) is 90.7 Å². The summed E-state index contributed by atoms with van der Waals surface area (Å²) in [6.07, 6.45) is -0.174. The molecule has 7 nitrogen and oxygen atoms in total. The number of rotatable bonds is 9. The lowest BCUT2D eigenvalue weighted by molar-refractivity contribution is -0.143. The molecule has 1 unspecified atom stereocenters. The predicted octanol–water partition coefficient (Wildman–Crippen LogP) is 7.78. The highest BCUT2D eigenvalue weighted by molar-refractivity contribution is 6.31. The molecule has 0 aliphatic rings. The van der Waals surface area contributed by atoms with Crippen LogP contribution in [0.15, 0.2) is 77.3 Å². The minimum absolute atomic E-state index is 0.188. The second-order valence-corrected chi connectivity index (χ2v) is 9.15. The van der Waals surface area contributed by atoms with Crippen LogP contribution in [-0.4, -0.2) is 23.8 Å². The molecule has 3 aromatic carbocycles. The van der Waals surface area contributed by atoms with E-state index in [2.05, 4.69) is 10.5 Å². The highest BCUT2D eigenvalue weighted by Crippen LogP contribution is 2.33. The molecule has 196 valence electrons. The summed E-state index contributed by atoms with van der Waals surface area (Å²) in [6.45, 7) is 5.70. The summed E-state index contributed by atoms with van der Waals surface area (Å²) < 4.78 is 16.1. The number of anilines is 1. The standard InChI is InChI=1S/C30H29ClN2O5/c1-4-36-27(34)18-11-21-9-12-22(13-10-21)23-14-16-24(17-15-23)29-28(19(2)33-38-29)32-30(35)37-20(3)25-7-5-6-8-26(25)31/h5-10,12-17,20H,4,11,18H2,1-3H3,(H,32,35). The van der Waals surface area contributed by atoms with Gasteiger partial charge in [-0.1, -0.05) is 83.5 Å². The highest BCUT2D eigenvalue weighted by Gasteiger charge is 2.20. The van der Waals surface area contributed by atoms with E-state index in [0.29, 0.717) is 47.2 Å². The number of hydrogen-bond acceptors (Lipinski definition) is 6. The van der Waals surface area contributed by atoms with E-state index >= 15 is 0 Å². The molecule has 0 bridgehead atoms. The molecule has 0 fully saturated rings. The average molecular weight is 533 g/mol. The van der Waals surface area contributed by atoms with E-state index in [9.17, 15) is 9.59 Å². The van der Waals surface area contributed by atoms with Gasteiger partial charge in [0.2, 0.25) is 0 Å². The number of amides is 1. The Labute approximate surface area is 226 Å². The number of carbonyl (C=O) groups is 2. The second-order valence-electron chi connectivity index (χ2n) is 8.75. The van der Waals surface area contributed by atoms with Crippen LogP contribution in [0.25, 0.3) is 22.5 Å². The smallest absolute Gasteiger partial charge is 0.412 e. The largest absolute Gasteiger partial charge is 0.466 e. The number of nitrogens with zero attached hydrogens (tertiary/aromatic N) is 1. The van der Waals surface area contributed by atoms with E-state index in [0.717, 1.165) is 22.3 Å². The van der Waals surface area contributed by atoms with Crippen molar-refractivity contribution in [1.82, 2.24) is 5.16 Å². The molecular weight excluding hydrogens is 504 g/mol. The molecule has 0 saturated heterocycles. The molecule has 0 radical (unpaired) electrons. The molecule has 1 atom stereocenters. The van der Waals surface area contributed by atoms with Gasteiger partial charge in [0.1, 0.15) is 17.5 Å². The maximum Gasteiger partial charge on any atom is 0.412 e. The van der Waals surface area contributed by atoms with Gasteiger partial charge in [-0.3, -0.25) is 10.1 Å². The maximum absolute atomic E-state index is 12.7. The summed E-state index contributed by atoms with van der Waals surface area (Å²) in [5.41, 5.74) is 5.58. The van der Waals surface area contributed by atoms with Gasteiger partial charge in [-0.05, 0) is 49.9 Å². The first kappa shape index (κ1) is 26.9. The van der Waals surface area contributed by atoms with Gasteiger partial charge in [0, 0.05) is 22.6 Å². The van der Waals surface area contributed by atoms with E-state index in [4.69, 9.17) is 25.6 Å². The van der Waals surface area contributed by atoms with Crippen molar-refractivity contribution >= 4 is 29.4 Å². The van der Waals surface area contributed by atoms with Crippen LogP contribution in [0.3, 0.4) is 0 Å². The zero-order chi connectivity index (χ0) is 27.1. The lowest BCUT2D eigenvalue weighted by atomic mass is 10.0. The van der Waals surface area contributed by atoms with Crippen molar-refractivity contribution in [2.45, 2.75) is 39.7 Å². The van der Waals surface area contributed by atoms with Crippen molar-refractivity contribution in [2.75, 3.05) is 11.9 Å². The van der Waals surface area contributed by atoms with E-state index in [1.54, 1.807) is 26.8 Å². The van der Waals surface area contributed by atoms with Gasteiger partial charge in [-0.25, -0.2) is 4.79 Å². The number of carbonyl (C=O) groups excluding carboxylic acids is 2. The fourth-order valence-electron chi connectivity index (χ4n) is 4.03. The first-order valence-electron chi connectivity index (χ1n) is 12.4. The van der Waals surface area contributed by atoms with Gasteiger partial charge in [-0.15, -0.1) is 0 Å². The van der Waals surface area contributed by atoms with Gasteiger partial charge in [0.15, 0.2) is 5.76 Å². The Balaban J connectivity index is 1.42. The molecular formula is C30H29ClN2O5. The third-order valence-electron chi connectivity index (χ3n) is 6.07. The summed E-state index contributed by atoms with van der Waals surface area (Å²) in [6, 6.07) is 23.1. The Hall–Kier alpha value is -4.10. The average Bonchev–Trinajstić information content (AvgIpc) is 3.27. The fourth-order valence-corrected chi connectivity index (χ4v) is 4.32. The monoisotopic (exact) mass is 532 g/mol. The molecule has 1 aromatic heterocycles. The zero-order valence-electron chi connectivity index (χ0n) is 21.5. The molecule has 0 aliphatic heterocycles. The van der Waals surface area contributed by atoms with Crippen LogP contribution in [0, 0.1) is 6.92 Å². The normalized spacial score (nSPS) is 11.6. The van der Waals surface area contributed by atoms with E-state index in [1.807, 2.05) is 66.7 Å². The van der Waals surface area contributed by atoms with Gasteiger partial charge in [-0.2, -0.15) is 0 Å². The summed E-state index contributed by atoms with van der Waals surface area (Å²) >= 11 is 6.22. The van der Waals surface area contributed by atoms with Crippen molar-refractivity contribution in [3.63, 3.8) is 0 Å². The Morgan fingerprint density at radius 1 is 0.974 bits per heavy atom. The molecule has 0 spiro atoms. The molecule has 1 N–H and O–H groups in total. The van der Waals surface area contributed by atoms with Crippen LogP contribution in [-0.2, 0) is 20.7 Å². The summed E-state index contributed by atoms with van der Waals surface area (Å²) in [7, 11) is 0. The minimum Gasteiger partial charge on any atom is -0.466 e. The Bertz CT molecular complexity index is 1400. The van der Waals surface area contributed by atoms with Crippen LogP contribution >= 0.6 is 11.6 Å². The number of aromatic nitrogens is 1. The van der Waals surface area contributed by atoms with Crippen LogP contribution in [0.2, 0.25) is 5.02 Å². The lowest BCUT2D eigenvalue weighted by Crippen LogP contribution is -2.17. The van der Waals surface area contributed by atoms with Crippen molar-refractivity contribution in [1.29, 1.82) is 0 Å². The number of esters is 1. The number of halogens is 1. The third kappa shape index (κ3) is 6.61. The highest BCUT2D eigenvalue weighted by atomic mass is 35.5. The number of hydrogen-bond donors (Lipinski definition) is 1. The van der Waals surface area contributed by atoms with Gasteiger partial charge in [0.25, 0.3) is 0 Å². The summed E-state index contributed by atoms with van der Waals surface area (Å²) in [5.74, 6) is 0.248. The van der Waals surface area contributed by atoms with Crippen LogP contribution in [0.4, 0.5) is 10.5 Å². The molecule has 4 rings (SSSR count). The molecule has 1 amide bonds. The van der Waals surface area contributed by atoms with Crippen molar-refractivity contribution in [3.05, 3.63) is 94.6 Å². The van der Waals surface area contributed by atoms with Crippen LogP contribution in [0.1, 0.15) is 43.2 Å². The van der Waals surface area contributed by atoms with Crippen LogP contribution < -0.4 is 5.32 Å². The second kappa shape index (κ2) is 12.4. The van der Waals surface area contributed by atoms with Crippen LogP contribution in [0.5, 0.6) is 0 Å². The van der Waals surface area contributed by atoms with Crippen molar-refractivity contribution in [2.24, 2.45) is 0 Å². The Morgan fingerprint density at radius 2 is 1.61 bits per heavy atom. The van der Waals surface area contributed by atoms with Gasteiger partial charge < -0.3 is 14.0 Å². The maximum atomic E-state index is 12.7. The molecule has 4 aromatic rings. The lowest BCUT2D eigenvalue weighted by Gasteiger charge is -2.15. The first-order valence-corrected chi connectivity index (χ1v) is 12.8. The van der Waals surface area contributed by atoms with Crippen molar-refractivity contribution in [3.8, 4) is 22.5 Å². The quantitative estimate of drug-likeness (QED) is 0.221. The minimum atomic E-state index is -0.635. The zero-order valence-corrected chi connectivity index (χ0v) is 22.2. The van der Waals surface area contributed by atoms with Gasteiger partial charge in [0.05, 0.1) is 6.61 Å². The van der Waals surface area contributed by atoms with Gasteiger partial charge >= 0.3 is 12.1 Å². The Kier molecular flexibility index (Phi) is 8.81. The molecule has 1 heterocycles. The van der Waals surface area contributed by atoms with E-state index < -0.39 is 12.2 Å². The number of nitrogens with one attached hydrogen (secondary N) is 1. The predicted molar refractivity (Wildman–Crippen MR) is 147 cm³/mol. The molecule has 38 heavy (non-hydrogen) atoms. The first-order chi connectivity index (χ1) is 18.4. The molecule has 0 saturated carbocycles. The summed E-state index contributed by atoms with van der Waals surface area (Å²) in [4.78, 5) is 24.2. The Morgan fingerprint density at radius 3 is 2.26 bits per heavy atom. The number of ether oxygens (including phenoxy) is 2. The van der Waals surface area contributed by atoms with E-state index in [1.165, 1.54) is 0 Å². The van der Waals surface area contributed by atoms with E-state index in [-0.39, 0.29) is 5.97 Å². The van der Waals surface area contributed by atoms with Crippen molar-refractivity contribution < 1.29 is 23.6 Å². The SMILES string of the molecule is CCOC(=O)CCc1ccc(-c2ccc(-c3onc(C)c3NC(=O)OC(C)c3ccccc3Cl)cc2)cc1. The molecule has 0 aliphatic carbocycles. The third-order valence-corrected chi connectivity index (χ3v) is 6.42. The number of aryl methyl sites for hydroxylation is 2. The molecule has 8 heteroatoms. The fraction of sp³-hybridized carbons (Fsp3) is 0.233.